The average molecular weight is 339 g/mol. The molecule has 3 rings (SSSR count). The topological polar surface area (TPSA) is 22.8 Å². The molecule has 0 fully saturated rings. The van der Waals surface area contributed by atoms with Crippen molar-refractivity contribution < 1.29 is 0 Å². The van der Waals surface area contributed by atoms with Gasteiger partial charge in [-0.25, -0.2) is 0 Å². The monoisotopic (exact) mass is 337 g/mol. The number of halogens is 2. The predicted molar refractivity (Wildman–Crippen MR) is 81.7 cm³/mol. The average Bonchev–Trinajstić information content (AvgIpc) is 2.86. The minimum Gasteiger partial charge on any atom is -0.341 e. The van der Waals surface area contributed by atoms with Crippen LogP contribution in [0, 0.1) is 6.92 Å². The molecular weight excluding hydrogens is 326 g/mol. The molecule has 0 amide bonds. The van der Waals surface area contributed by atoms with E-state index in [1.54, 1.807) is 0 Å². The van der Waals surface area contributed by atoms with Crippen LogP contribution in [0.4, 0.5) is 0 Å². The fraction of sp³-hybridized carbons (Fsp3) is 0.214. The Morgan fingerprint density at radius 3 is 2.79 bits per heavy atom. The molecule has 5 heteroatoms. The van der Waals surface area contributed by atoms with Crippen LogP contribution in [0.25, 0.3) is 10.9 Å². The Morgan fingerprint density at radius 2 is 2.11 bits per heavy atom. The van der Waals surface area contributed by atoms with Crippen LogP contribution in [-0.4, -0.2) is 14.3 Å². The predicted octanol–water partition coefficient (Wildman–Crippen LogP) is 4.15. The number of hydrogen-bond acceptors (Lipinski definition) is 1. The maximum absolute atomic E-state index is 6.01. The lowest BCUT2D eigenvalue weighted by Gasteiger charge is -2.07. The zero-order valence-corrected chi connectivity index (χ0v) is 13.0. The lowest BCUT2D eigenvalue weighted by Crippen LogP contribution is -2.05. The zero-order chi connectivity index (χ0) is 13.6. The summed E-state index contributed by atoms with van der Waals surface area (Å²) in [6.07, 6.45) is 2.08. The van der Waals surface area contributed by atoms with E-state index in [0.717, 1.165) is 32.8 Å². The fourth-order valence-corrected chi connectivity index (χ4v) is 2.96. The Kier molecular flexibility index (Phi) is 3.15. The highest BCUT2D eigenvalue weighted by Crippen LogP contribution is 2.25. The molecule has 1 aromatic carbocycles. The highest BCUT2D eigenvalue weighted by atomic mass is 79.9. The summed E-state index contributed by atoms with van der Waals surface area (Å²) in [6, 6.07) is 8.04. The molecule has 0 saturated carbocycles. The molecule has 0 N–H and O–H groups in total. The van der Waals surface area contributed by atoms with E-state index in [4.69, 9.17) is 11.6 Å². The van der Waals surface area contributed by atoms with Crippen LogP contribution in [0.15, 0.2) is 34.9 Å². The van der Waals surface area contributed by atoms with E-state index in [0.29, 0.717) is 0 Å². The largest absolute Gasteiger partial charge is 0.341 e. The molecule has 0 saturated heterocycles. The Bertz CT molecular complexity index is 757. The van der Waals surface area contributed by atoms with Crippen LogP contribution in [0.5, 0.6) is 0 Å². The number of benzene rings is 1. The van der Waals surface area contributed by atoms with E-state index in [1.165, 1.54) is 5.52 Å². The molecule has 0 aliphatic carbocycles. The molecule has 0 radical (unpaired) electrons. The highest BCUT2D eigenvalue weighted by molar-refractivity contribution is 9.10. The van der Waals surface area contributed by atoms with Gasteiger partial charge in [0.15, 0.2) is 0 Å². The molecule has 3 aromatic rings. The van der Waals surface area contributed by atoms with Crippen LogP contribution in [0.1, 0.15) is 11.4 Å². The summed E-state index contributed by atoms with van der Waals surface area (Å²) in [4.78, 5) is 0. The van der Waals surface area contributed by atoms with Crippen molar-refractivity contribution in [3.63, 3.8) is 0 Å². The van der Waals surface area contributed by atoms with Gasteiger partial charge in [0.25, 0.3) is 0 Å². The Balaban J connectivity index is 2.06. The van der Waals surface area contributed by atoms with Crippen molar-refractivity contribution >= 4 is 38.4 Å². The van der Waals surface area contributed by atoms with Gasteiger partial charge >= 0.3 is 0 Å². The maximum atomic E-state index is 6.01. The number of nitrogens with zero attached hydrogens (tertiary/aromatic N) is 3. The van der Waals surface area contributed by atoms with E-state index in [2.05, 4.69) is 43.9 Å². The van der Waals surface area contributed by atoms with E-state index in [-0.39, 0.29) is 0 Å². The number of aromatic nitrogens is 3. The van der Waals surface area contributed by atoms with Gasteiger partial charge in [-0.15, -0.1) is 0 Å². The molecule has 2 aromatic heterocycles. The van der Waals surface area contributed by atoms with Crippen molar-refractivity contribution in [3.05, 3.63) is 51.3 Å². The summed E-state index contributed by atoms with van der Waals surface area (Å²) < 4.78 is 5.19. The molecule has 3 nitrogen and oxygen atoms in total. The van der Waals surface area contributed by atoms with Crippen molar-refractivity contribution in [3.8, 4) is 0 Å². The summed E-state index contributed by atoms with van der Waals surface area (Å²) in [5, 5.41) is 6.34. The van der Waals surface area contributed by atoms with E-state index < -0.39 is 0 Å². The van der Waals surface area contributed by atoms with Crippen molar-refractivity contribution in [2.75, 3.05) is 0 Å². The first-order valence-corrected chi connectivity index (χ1v) is 7.15. The third-order valence-electron chi connectivity index (χ3n) is 3.31. The molecule has 2 heterocycles. The summed E-state index contributed by atoms with van der Waals surface area (Å²) in [7, 11) is 1.97. The second kappa shape index (κ2) is 4.69. The standard InChI is InChI=1S/C14H13BrClN3/c1-9-14(15)13(18(2)17-9)8-19-6-5-10-7-11(16)3-4-12(10)19/h3-7H,8H2,1-2H3. The second-order valence-corrected chi connectivity index (χ2v) is 5.85. The lowest BCUT2D eigenvalue weighted by atomic mass is 10.2. The third-order valence-corrected chi connectivity index (χ3v) is 4.58. The lowest BCUT2D eigenvalue weighted by molar-refractivity contribution is 0.672. The van der Waals surface area contributed by atoms with Gasteiger partial charge < -0.3 is 4.57 Å². The molecule has 0 spiro atoms. The van der Waals surface area contributed by atoms with Crippen molar-refractivity contribution in [2.45, 2.75) is 13.5 Å². The summed E-state index contributed by atoms with van der Waals surface area (Å²) >= 11 is 9.62. The van der Waals surface area contributed by atoms with Gasteiger partial charge in [-0.1, -0.05) is 11.6 Å². The Labute approximate surface area is 124 Å². The van der Waals surface area contributed by atoms with Gasteiger partial charge in [-0.2, -0.15) is 5.10 Å². The first-order chi connectivity index (χ1) is 9.06. The highest BCUT2D eigenvalue weighted by Gasteiger charge is 2.12. The molecule has 0 aliphatic heterocycles. The first kappa shape index (κ1) is 12.8. The third kappa shape index (κ3) is 2.19. The second-order valence-electron chi connectivity index (χ2n) is 4.62. The number of fused-ring (bicyclic) bond motifs is 1. The maximum Gasteiger partial charge on any atom is 0.0739 e. The van der Waals surface area contributed by atoms with Gasteiger partial charge in [-0.05, 0) is 47.1 Å². The summed E-state index contributed by atoms with van der Waals surface area (Å²) in [5.74, 6) is 0. The van der Waals surface area contributed by atoms with E-state index in [9.17, 15) is 0 Å². The van der Waals surface area contributed by atoms with Crippen molar-refractivity contribution in [2.24, 2.45) is 7.05 Å². The summed E-state index contributed by atoms with van der Waals surface area (Å²) in [6.45, 7) is 2.78. The molecular formula is C14H13BrClN3. The van der Waals surface area contributed by atoms with Crippen LogP contribution < -0.4 is 0 Å². The van der Waals surface area contributed by atoms with Gasteiger partial charge in [0.2, 0.25) is 0 Å². The normalized spacial score (nSPS) is 11.4. The molecule has 0 unspecified atom stereocenters. The Morgan fingerprint density at radius 1 is 1.32 bits per heavy atom. The number of aryl methyl sites for hydroxylation is 2. The van der Waals surface area contributed by atoms with Crippen LogP contribution in [-0.2, 0) is 13.6 Å². The van der Waals surface area contributed by atoms with E-state index in [1.807, 2.05) is 30.8 Å². The number of rotatable bonds is 2. The minimum atomic E-state index is 0.766. The Hall–Kier alpha value is -1.26. The smallest absolute Gasteiger partial charge is 0.0739 e. The minimum absolute atomic E-state index is 0.766. The van der Waals surface area contributed by atoms with Gasteiger partial charge in [-0.3, -0.25) is 4.68 Å². The first-order valence-electron chi connectivity index (χ1n) is 5.98. The van der Waals surface area contributed by atoms with Crippen LogP contribution in [0.3, 0.4) is 0 Å². The van der Waals surface area contributed by atoms with Crippen molar-refractivity contribution in [1.29, 1.82) is 0 Å². The quantitative estimate of drug-likeness (QED) is 0.688. The van der Waals surface area contributed by atoms with Gasteiger partial charge in [0.1, 0.15) is 0 Å². The zero-order valence-electron chi connectivity index (χ0n) is 10.7. The van der Waals surface area contributed by atoms with Gasteiger partial charge in [0.05, 0.1) is 22.4 Å². The fourth-order valence-electron chi connectivity index (χ4n) is 2.32. The molecule has 19 heavy (non-hydrogen) atoms. The molecule has 98 valence electrons. The molecule has 0 atom stereocenters. The number of hydrogen-bond donors (Lipinski definition) is 0. The van der Waals surface area contributed by atoms with E-state index >= 15 is 0 Å². The molecule has 0 bridgehead atoms. The van der Waals surface area contributed by atoms with Crippen LogP contribution in [0.2, 0.25) is 5.02 Å². The van der Waals surface area contributed by atoms with Crippen LogP contribution >= 0.6 is 27.5 Å². The summed E-state index contributed by atoms with van der Waals surface area (Å²) in [5.41, 5.74) is 3.34. The van der Waals surface area contributed by atoms with Gasteiger partial charge in [0, 0.05) is 29.2 Å². The van der Waals surface area contributed by atoms with Crippen molar-refractivity contribution in [1.82, 2.24) is 14.3 Å². The molecule has 0 aliphatic rings. The SMILES string of the molecule is Cc1nn(C)c(Cn2ccc3cc(Cl)ccc32)c1Br.